The van der Waals surface area contributed by atoms with E-state index in [0.717, 1.165) is 38.6 Å². The van der Waals surface area contributed by atoms with E-state index in [0.29, 0.717) is 52.7 Å². The molecule has 0 aliphatic rings. The van der Waals surface area contributed by atoms with E-state index >= 15 is 0 Å². The van der Waals surface area contributed by atoms with Crippen molar-refractivity contribution in [2.24, 2.45) is 5.41 Å². The third-order valence-corrected chi connectivity index (χ3v) is 4.49. The molecule has 7 heteroatoms. The van der Waals surface area contributed by atoms with Gasteiger partial charge in [-0.05, 0) is 19.4 Å². The summed E-state index contributed by atoms with van der Waals surface area (Å²) in [5, 5.41) is 2.88. The first-order chi connectivity index (χ1) is 13.0. The zero-order chi connectivity index (χ0) is 20.4. The quantitative estimate of drug-likeness (QED) is 0.269. The van der Waals surface area contributed by atoms with Gasteiger partial charge in [-0.25, -0.2) is 0 Å². The molecule has 27 heavy (non-hydrogen) atoms. The van der Waals surface area contributed by atoms with Crippen LogP contribution in [0.15, 0.2) is 0 Å². The Balaban J connectivity index is 3.42. The number of amides is 1. The van der Waals surface area contributed by atoms with Gasteiger partial charge in [0.15, 0.2) is 0 Å². The van der Waals surface area contributed by atoms with Crippen molar-refractivity contribution in [1.29, 1.82) is 0 Å². The SMILES string of the molecule is CCCCN(CC=O)CCOCCOCCOCCNC(=O)C(C)(C)CC. The minimum Gasteiger partial charge on any atom is -0.378 e. The lowest BCUT2D eigenvalue weighted by molar-refractivity contribution is -0.129. The van der Waals surface area contributed by atoms with Crippen LogP contribution >= 0.6 is 0 Å². The van der Waals surface area contributed by atoms with E-state index < -0.39 is 0 Å². The Morgan fingerprint density at radius 1 is 0.963 bits per heavy atom. The fraction of sp³-hybridized carbons (Fsp3) is 0.900. The Hall–Kier alpha value is -1.02. The lowest BCUT2D eigenvalue weighted by Gasteiger charge is -2.21. The molecule has 0 bridgehead atoms. The molecule has 0 fully saturated rings. The normalized spacial score (nSPS) is 11.7. The van der Waals surface area contributed by atoms with Crippen molar-refractivity contribution < 1.29 is 23.8 Å². The zero-order valence-corrected chi connectivity index (χ0v) is 17.8. The minimum atomic E-state index is -0.330. The Morgan fingerprint density at radius 2 is 1.56 bits per heavy atom. The van der Waals surface area contributed by atoms with Gasteiger partial charge in [-0.1, -0.05) is 34.1 Å². The van der Waals surface area contributed by atoms with Gasteiger partial charge < -0.3 is 24.3 Å². The number of aldehydes is 1. The van der Waals surface area contributed by atoms with Gasteiger partial charge in [0, 0.05) is 18.5 Å². The summed E-state index contributed by atoms with van der Waals surface area (Å²) in [5.74, 6) is 0.0587. The molecular weight excluding hydrogens is 348 g/mol. The number of unbranched alkanes of at least 4 members (excludes halogenated alkanes) is 1. The monoisotopic (exact) mass is 388 g/mol. The van der Waals surface area contributed by atoms with Crippen molar-refractivity contribution in [1.82, 2.24) is 10.2 Å². The van der Waals surface area contributed by atoms with Gasteiger partial charge in [0.25, 0.3) is 0 Å². The molecule has 160 valence electrons. The molecule has 0 unspecified atom stereocenters. The van der Waals surface area contributed by atoms with Gasteiger partial charge in [0.05, 0.1) is 46.2 Å². The molecule has 0 atom stereocenters. The third kappa shape index (κ3) is 14.7. The fourth-order valence-electron chi connectivity index (χ4n) is 2.15. The number of rotatable bonds is 19. The molecule has 0 aromatic rings. The number of carbonyl (C=O) groups excluding carboxylic acids is 2. The maximum atomic E-state index is 11.9. The van der Waals surface area contributed by atoms with E-state index in [9.17, 15) is 9.59 Å². The van der Waals surface area contributed by atoms with Crippen LogP contribution in [-0.4, -0.2) is 82.9 Å². The summed E-state index contributed by atoms with van der Waals surface area (Å²) in [6.07, 6.45) is 3.96. The molecule has 0 saturated heterocycles. The Bertz CT molecular complexity index is 377. The first-order valence-electron chi connectivity index (χ1n) is 10.2. The lowest BCUT2D eigenvalue weighted by Crippen LogP contribution is -2.38. The van der Waals surface area contributed by atoms with Crippen molar-refractivity contribution in [3.05, 3.63) is 0 Å². The number of carbonyl (C=O) groups is 2. The zero-order valence-electron chi connectivity index (χ0n) is 17.8. The second-order valence-electron chi connectivity index (χ2n) is 7.15. The molecule has 0 rings (SSSR count). The molecule has 0 spiro atoms. The molecule has 0 aliphatic carbocycles. The summed E-state index contributed by atoms with van der Waals surface area (Å²) < 4.78 is 16.4. The molecule has 0 aromatic heterocycles. The van der Waals surface area contributed by atoms with Crippen molar-refractivity contribution in [3.8, 4) is 0 Å². The molecule has 1 amide bonds. The number of nitrogens with zero attached hydrogens (tertiary/aromatic N) is 1. The molecule has 0 aliphatic heterocycles. The number of hydrogen-bond donors (Lipinski definition) is 1. The van der Waals surface area contributed by atoms with Crippen LogP contribution in [-0.2, 0) is 23.8 Å². The molecular formula is C20H40N2O5. The molecule has 7 nitrogen and oxygen atoms in total. The van der Waals surface area contributed by atoms with Gasteiger partial charge in [0.1, 0.15) is 6.29 Å². The smallest absolute Gasteiger partial charge is 0.225 e. The van der Waals surface area contributed by atoms with Crippen LogP contribution < -0.4 is 5.32 Å². The summed E-state index contributed by atoms with van der Waals surface area (Å²) in [5.41, 5.74) is -0.330. The Kier molecular flexibility index (Phi) is 16.5. The van der Waals surface area contributed by atoms with E-state index in [4.69, 9.17) is 14.2 Å². The van der Waals surface area contributed by atoms with Crippen molar-refractivity contribution >= 4 is 12.2 Å². The second kappa shape index (κ2) is 17.1. The largest absolute Gasteiger partial charge is 0.378 e. The van der Waals surface area contributed by atoms with E-state index in [1.54, 1.807) is 0 Å². The molecule has 0 aromatic carbocycles. The van der Waals surface area contributed by atoms with E-state index in [-0.39, 0.29) is 11.3 Å². The van der Waals surface area contributed by atoms with Crippen LogP contribution in [0.4, 0.5) is 0 Å². The lowest BCUT2D eigenvalue weighted by atomic mass is 9.89. The third-order valence-electron chi connectivity index (χ3n) is 4.49. The van der Waals surface area contributed by atoms with Gasteiger partial charge in [-0.15, -0.1) is 0 Å². The Labute approximate surface area is 165 Å². The molecule has 0 saturated carbocycles. The van der Waals surface area contributed by atoms with Gasteiger partial charge in [-0.3, -0.25) is 9.69 Å². The van der Waals surface area contributed by atoms with Crippen molar-refractivity contribution in [2.75, 3.05) is 65.8 Å². The van der Waals surface area contributed by atoms with Crippen LogP contribution in [0, 0.1) is 5.41 Å². The van der Waals surface area contributed by atoms with Crippen LogP contribution in [0.1, 0.15) is 47.0 Å². The van der Waals surface area contributed by atoms with Crippen molar-refractivity contribution in [2.45, 2.75) is 47.0 Å². The standard InChI is InChI=1S/C20H40N2O5/c1-5-7-9-22(10-12-23)11-14-26-16-18-27-17-15-25-13-8-21-19(24)20(3,4)6-2/h12H,5-11,13-18H2,1-4H3,(H,21,24). The average Bonchev–Trinajstić information content (AvgIpc) is 2.66. The molecule has 1 N–H and O–H groups in total. The summed E-state index contributed by atoms with van der Waals surface area (Å²) in [6, 6.07) is 0. The molecule has 0 heterocycles. The van der Waals surface area contributed by atoms with Crippen LogP contribution in [0.25, 0.3) is 0 Å². The van der Waals surface area contributed by atoms with Gasteiger partial charge >= 0.3 is 0 Å². The Morgan fingerprint density at radius 3 is 2.11 bits per heavy atom. The number of nitrogens with one attached hydrogen (secondary N) is 1. The summed E-state index contributed by atoms with van der Waals surface area (Å²) in [7, 11) is 0. The maximum Gasteiger partial charge on any atom is 0.225 e. The van der Waals surface area contributed by atoms with E-state index in [1.165, 1.54) is 0 Å². The average molecular weight is 389 g/mol. The van der Waals surface area contributed by atoms with Crippen LogP contribution in [0.3, 0.4) is 0 Å². The van der Waals surface area contributed by atoms with Crippen molar-refractivity contribution in [3.63, 3.8) is 0 Å². The highest BCUT2D eigenvalue weighted by molar-refractivity contribution is 5.81. The topological polar surface area (TPSA) is 77.1 Å². The summed E-state index contributed by atoms with van der Waals surface area (Å²) in [4.78, 5) is 24.6. The second-order valence-corrected chi connectivity index (χ2v) is 7.15. The highest BCUT2D eigenvalue weighted by Crippen LogP contribution is 2.18. The van der Waals surface area contributed by atoms with Crippen LogP contribution in [0.2, 0.25) is 0 Å². The van der Waals surface area contributed by atoms with E-state index in [1.807, 2.05) is 20.8 Å². The summed E-state index contributed by atoms with van der Waals surface area (Å²) >= 11 is 0. The minimum absolute atomic E-state index is 0.0587. The highest BCUT2D eigenvalue weighted by Gasteiger charge is 2.24. The highest BCUT2D eigenvalue weighted by atomic mass is 16.5. The first kappa shape index (κ1) is 26.0. The maximum absolute atomic E-state index is 11.9. The summed E-state index contributed by atoms with van der Waals surface area (Å²) in [6.45, 7) is 13.8. The number of ether oxygens (including phenoxy) is 3. The van der Waals surface area contributed by atoms with Crippen LogP contribution in [0.5, 0.6) is 0 Å². The predicted molar refractivity (Wildman–Crippen MR) is 107 cm³/mol. The van der Waals surface area contributed by atoms with Gasteiger partial charge in [0.2, 0.25) is 5.91 Å². The molecule has 0 radical (unpaired) electrons. The van der Waals surface area contributed by atoms with Gasteiger partial charge in [-0.2, -0.15) is 0 Å². The predicted octanol–water partition coefficient (Wildman–Crippen LogP) is 1.89. The first-order valence-corrected chi connectivity index (χ1v) is 10.2. The number of hydrogen-bond acceptors (Lipinski definition) is 6. The fourth-order valence-corrected chi connectivity index (χ4v) is 2.15. The van der Waals surface area contributed by atoms with E-state index in [2.05, 4.69) is 17.1 Å².